The predicted molar refractivity (Wildman–Crippen MR) is 78.7 cm³/mol. The van der Waals surface area contributed by atoms with Crippen LogP contribution in [0.25, 0.3) is 0 Å². The number of carbonyl (C=O) groups is 1. The summed E-state index contributed by atoms with van der Waals surface area (Å²) < 4.78 is 1.46. The monoisotopic (exact) mass is 293 g/mol. The average Bonchev–Trinajstić information content (AvgIpc) is 2.49. The van der Waals surface area contributed by atoms with E-state index in [1.54, 1.807) is 6.92 Å². The van der Waals surface area contributed by atoms with Crippen molar-refractivity contribution in [1.29, 1.82) is 0 Å². The van der Waals surface area contributed by atoms with Gasteiger partial charge < -0.3 is 10.4 Å². The van der Waals surface area contributed by atoms with Gasteiger partial charge in [-0.3, -0.25) is 14.3 Å². The van der Waals surface area contributed by atoms with Crippen molar-refractivity contribution in [2.75, 3.05) is 6.54 Å². The minimum Gasteiger partial charge on any atom is -0.390 e. The fourth-order valence-corrected chi connectivity index (χ4v) is 2.73. The molecule has 0 radical (unpaired) electrons. The molecule has 21 heavy (non-hydrogen) atoms. The summed E-state index contributed by atoms with van der Waals surface area (Å²) in [5.41, 5.74) is 0.388. The Morgan fingerprint density at radius 2 is 2.14 bits per heavy atom. The lowest BCUT2D eigenvalue weighted by molar-refractivity contribution is -0.122. The maximum Gasteiger partial charge on any atom is 0.241 e. The van der Waals surface area contributed by atoms with Crippen LogP contribution in [-0.4, -0.2) is 27.3 Å². The maximum atomic E-state index is 12.0. The molecule has 0 saturated heterocycles. The van der Waals surface area contributed by atoms with Crippen LogP contribution in [0.2, 0.25) is 0 Å². The number of nitrogens with one attached hydrogen (secondary N) is 1. The van der Waals surface area contributed by atoms with Gasteiger partial charge in [-0.05, 0) is 25.7 Å². The van der Waals surface area contributed by atoms with E-state index >= 15 is 0 Å². The standard InChI is InChI=1S/C15H23N3O3/c1-11-7-14(20)13(10-19)17-18(11)9-15(21)16-8-12-5-3-2-4-6-12/h7,12,19H,2-6,8-10H2,1H3,(H,16,21). The highest BCUT2D eigenvalue weighted by Crippen LogP contribution is 2.22. The number of aryl methyl sites for hydroxylation is 1. The summed E-state index contributed by atoms with van der Waals surface area (Å²) >= 11 is 0. The molecule has 0 spiro atoms. The Labute approximate surface area is 124 Å². The van der Waals surface area contributed by atoms with Gasteiger partial charge in [0.15, 0.2) is 0 Å². The summed E-state index contributed by atoms with van der Waals surface area (Å²) in [4.78, 5) is 23.5. The Bertz CT molecular complexity index is 548. The molecule has 1 aromatic rings. The van der Waals surface area contributed by atoms with E-state index in [2.05, 4.69) is 10.4 Å². The molecular weight excluding hydrogens is 270 g/mol. The fraction of sp³-hybridized carbons (Fsp3) is 0.667. The van der Waals surface area contributed by atoms with Crippen molar-refractivity contribution in [2.24, 2.45) is 5.92 Å². The van der Waals surface area contributed by atoms with Gasteiger partial charge in [-0.2, -0.15) is 5.10 Å². The zero-order valence-corrected chi connectivity index (χ0v) is 12.5. The topological polar surface area (TPSA) is 84.2 Å². The number of hydrogen-bond donors (Lipinski definition) is 2. The lowest BCUT2D eigenvalue weighted by Gasteiger charge is -2.21. The van der Waals surface area contributed by atoms with Gasteiger partial charge in [0.2, 0.25) is 11.3 Å². The quantitative estimate of drug-likeness (QED) is 0.838. The number of hydrogen-bond acceptors (Lipinski definition) is 4. The molecule has 1 aromatic heterocycles. The van der Waals surface area contributed by atoms with Gasteiger partial charge in [0.25, 0.3) is 0 Å². The fourth-order valence-electron chi connectivity index (χ4n) is 2.73. The maximum absolute atomic E-state index is 12.0. The molecule has 2 N–H and O–H groups in total. The second kappa shape index (κ2) is 7.36. The number of nitrogens with zero attached hydrogens (tertiary/aromatic N) is 2. The van der Waals surface area contributed by atoms with Crippen molar-refractivity contribution in [1.82, 2.24) is 15.1 Å². The Morgan fingerprint density at radius 3 is 2.81 bits per heavy atom. The molecular formula is C15H23N3O3. The zero-order valence-electron chi connectivity index (χ0n) is 12.5. The molecule has 1 fully saturated rings. The number of aliphatic hydroxyl groups is 1. The Kier molecular flexibility index (Phi) is 5.50. The van der Waals surface area contributed by atoms with Crippen molar-refractivity contribution in [3.05, 3.63) is 27.7 Å². The van der Waals surface area contributed by atoms with Gasteiger partial charge in [0.05, 0.1) is 6.61 Å². The van der Waals surface area contributed by atoms with E-state index in [9.17, 15) is 9.59 Å². The van der Waals surface area contributed by atoms with Crippen LogP contribution >= 0.6 is 0 Å². The molecule has 1 heterocycles. The van der Waals surface area contributed by atoms with E-state index in [0.717, 1.165) is 0 Å². The van der Waals surface area contributed by atoms with Crippen LogP contribution in [0.15, 0.2) is 10.9 Å². The molecule has 0 aliphatic heterocycles. The lowest BCUT2D eigenvalue weighted by atomic mass is 9.89. The number of aromatic nitrogens is 2. The number of carbonyl (C=O) groups excluding carboxylic acids is 1. The molecule has 2 rings (SSSR count). The van der Waals surface area contributed by atoms with Crippen molar-refractivity contribution in [3.63, 3.8) is 0 Å². The average molecular weight is 293 g/mol. The summed E-state index contributed by atoms with van der Waals surface area (Å²) in [5.74, 6) is 0.475. The molecule has 1 aliphatic rings. The normalized spacial score (nSPS) is 15.9. The summed E-state index contributed by atoms with van der Waals surface area (Å²) in [6, 6.07) is 1.40. The highest BCUT2D eigenvalue weighted by molar-refractivity contribution is 5.75. The first-order valence-electron chi connectivity index (χ1n) is 7.55. The minimum atomic E-state index is -0.414. The van der Waals surface area contributed by atoms with Gasteiger partial charge >= 0.3 is 0 Å². The van der Waals surface area contributed by atoms with Crippen molar-refractivity contribution in [3.8, 4) is 0 Å². The van der Waals surface area contributed by atoms with Crippen LogP contribution < -0.4 is 10.7 Å². The molecule has 0 aromatic carbocycles. The van der Waals surface area contributed by atoms with Crippen LogP contribution in [0.5, 0.6) is 0 Å². The van der Waals surface area contributed by atoms with E-state index in [4.69, 9.17) is 5.11 Å². The van der Waals surface area contributed by atoms with E-state index in [-0.39, 0.29) is 23.6 Å². The first kappa shape index (κ1) is 15.7. The largest absolute Gasteiger partial charge is 0.390 e. The smallest absolute Gasteiger partial charge is 0.241 e. The molecule has 1 aliphatic carbocycles. The van der Waals surface area contributed by atoms with Gasteiger partial charge in [-0.15, -0.1) is 0 Å². The van der Waals surface area contributed by atoms with Crippen LogP contribution in [0, 0.1) is 12.8 Å². The van der Waals surface area contributed by atoms with Crippen molar-refractivity contribution >= 4 is 5.91 Å². The summed E-state index contributed by atoms with van der Waals surface area (Å²) in [6.07, 6.45) is 6.17. The van der Waals surface area contributed by atoms with Crippen LogP contribution in [0.3, 0.4) is 0 Å². The third-order valence-electron chi connectivity index (χ3n) is 4.03. The van der Waals surface area contributed by atoms with E-state index < -0.39 is 6.61 Å². The van der Waals surface area contributed by atoms with Crippen LogP contribution in [-0.2, 0) is 17.9 Å². The lowest BCUT2D eigenvalue weighted by Crippen LogP contribution is -2.34. The Hall–Kier alpha value is -1.69. The second-order valence-electron chi connectivity index (χ2n) is 5.72. The zero-order chi connectivity index (χ0) is 15.2. The highest BCUT2D eigenvalue weighted by atomic mass is 16.3. The number of rotatable bonds is 5. The second-order valence-corrected chi connectivity index (χ2v) is 5.72. The SMILES string of the molecule is Cc1cc(=O)c(CO)nn1CC(=O)NCC1CCCCC1. The highest BCUT2D eigenvalue weighted by Gasteiger charge is 2.15. The predicted octanol–water partition coefficient (Wildman–Crippen LogP) is 0.741. The molecule has 1 amide bonds. The first-order valence-corrected chi connectivity index (χ1v) is 7.55. The van der Waals surface area contributed by atoms with E-state index in [0.29, 0.717) is 18.2 Å². The molecule has 1 saturated carbocycles. The summed E-state index contributed by atoms with van der Waals surface area (Å²) in [5, 5.41) is 16.0. The molecule has 0 bridgehead atoms. The molecule has 0 unspecified atom stereocenters. The number of amides is 1. The van der Waals surface area contributed by atoms with Crippen molar-refractivity contribution in [2.45, 2.75) is 52.2 Å². The van der Waals surface area contributed by atoms with Gasteiger partial charge in [-0.1, -0.05) is 19.3 Å². The molecule has 6 nitrogen and oxygen atoms in total. The van der Waals surface area contributed by atoms with Crippen molar-refractivity contribution < 1.29 is 9.90 Å². The van der Waals surface area contributed by atoms with Gasteiger partial charge in [0.1, 0.15) is 12.2 Å². The number of aliphatic hydroxyl groups excluding tert-OH is 1. The van der Waals surface area contributed by atoms with E-state index in [1.165, 1.54) is 42.9 Å². The first-order chi connectivity index (χ1) is 10.1. The Balaban J connectivity index is 1.91. The molecule has 116 valence electrons. The summed E-state index contributed by atoms with van der Waals surface area (Å²) in [6.45, 7) is 2.10. The molecule has 0 atom stereocenters. The van der Waals surface area contributed by atoms with E-state index in [1.807, 2.05) is 0 Å². The van der Waals surface area contributed by atoms with Gasteiger partial charge in [0, 0.05) is 18.3 Å². The third-order valence-corrected chi connectivity index (χ3v) is 4.03. The molecule has 6 heteroatoms. The summed E-state index contributed by atoms with van der Waals surface area (Å²) in [7, 11) is 0. The Morgan fingerprint density at radius 1 is 1.43 bits per heavy atom. The third kappa shape index (κ3) is 4.39. The van der Waals surface area contributed by atoms with Crippen LogP contribution in [0.1, 0.15) is 43.5 Å². The van der Waals surface area contributed by atoms with Crippen LogP contribution in [0.4, 0.5) is 0 Å². The van der Waals surface area contributed by atoms with Gasteiger partial charge in [-0.25, -0.2) is 0 Å². The minimum absolute atomic E-state index is 0.0701.